The van der Waals surface area contributed by atoms with E-state index in [9.17, 15) is 18.0 Å². The summed E-state index contributed by atoms with van der Waals surface area (Å²) >= 11 is 0. The Hall–Kier alpha value is -1.60. The number of rotatable bonds is 7. The highest BCUT2D eigenvalue weighted by Gasteiger charge is 2.27. The van der Waals surface area contributed by atoms with Crippen molar-refractivity contribution < 1.29 is 22.7 Å². The number of alkyl halides is 3. The number of carbonyl (C=O) groups excluding carboxylic acids is 1. The summed E-state index contributed by atoms with van der Waals surface area (Å²) in [5.41, 5.74) is 7.14. The van der Waals surface area contributed by atoms with Crippen LogP contribution in [0.5, 0.6) is 0 Å². The van der Waals surface area contributed by atoms with Gasteiger partial charge in [0.15, 0.2) is 0 Å². The molecule has 2 unspecified atom stereocenters. The first-order valence-electron chi connectivity index (χ1n) is 6.94. The predicted molar refractivity (Wildman–Crippen MR) is 76.8 cm³/mol. The molecular formula is C15H21F3N2O2. The summed E-state index contributed by atoms with van der Waals surface area (Å²) in [4.78, 5) is 11.7. The number of nitrogens with one attached hydrogen (secondary N) is 1. The molecule has 0 aliphatic heterocycles. The Balaban J connectivity index is 2.40. The number of halogens is 3. The zero-order valence-electron chi connectivity index (χ0n) is 12.6. The molecule has 0 aliphatic carbocycles. The minimum absolute atomic E-state index is 0.103. The summed E-state index contributed by atoms with van der Waals surface area (Å²) in [6.07, 6.45) is -4.32. The normalized spacial score (nSPS) is 14.5. The summed E-state index contributed by atoms with van der Waals surface area (Å²) in [6.45, 7) is 2.49. The van der Waals surface area contributed by atoms with Crippen molar-refractivity contribution in [3.63, 3.8) is 0 Å². The van der Waals surface area contributed by atoms with Crippen LogP contribution in [0.25, 0.3) is 0 Å². The molecule has 124 valence electrons. The fraction of sp³-hybridized carbons (Fsp3) is 0.533. The van der Waals surface area contributed by atoms with Crippen LogP contribution in [0.3, 0.4) is 0 Å². The Morgan fingerprint density at radius 1 is 1.23 bits per heavy atom. The fourth-order valence-corrected chi connectivity index (χ4v) is 1.63. The van der Waals surface area contributed by atoms with Gasteiger partial charge in [-0.3, -0.25) is 4.79 Å². The van der Waals surface area contributed by atoms with Gasteiger partial charge < -0.3 is 15.8 Å². The van der Waals surface area contributed by atoms with Gasteiger partial charge in [0, 0.05) is 18.5 Å². The molecule has 1 amide bonds. The first kappa shape index (κ1) is 18.4. The second-order valence-electron chi connectivity index (χ2n) is 5.29. The van der Waals surface area contributed by atoms with Crippen molar-refractivity contribution in [2.24, 2.45) is 11.7 Å². The lowest BCUT2D eigenvalue weighted by molar-refractivity contribution is -0.176. The smallest absolute Gasteiger partial charge is 0.367 e. The van der Waals surface area contributed by atoms with Crippen LogP contribution in [-0.2, 0) is 22.7 Å². The molecule has 22 heavy (non-hydrogen) atoms. The van der Waals surface area contributed by atoms with Crippen molar-refractivity contribution in [3.8, 4) is 0 Å². The van der Waals surface area contributed by atoms with Crippen molar-refractivity contribution in [1.29, 1.82) is 0 Å². The van der Waals surface area contributed by atoms with Gasteiger partial charge in [-0.25, -0.2) is 0 Å². The number of hydrogen-bond donors (Lipinski definition) is 2. The zero-order chi connectivity index (χ0) is 16.8. The molecule has 0 saturated carbocycles. The van der Waals surface area contributed by atoms with Crippen LogP contribution in [0, 0.1) is 5.92 Å². The molecule has 0 heterocycles. The lowest BCUT2D eigenvalue weighted by Crippen LogP contribution is -2.38. The first-order valence-corrected chi connectivity index (χ1v) is 6.94. The van der Waals surface area contributed by atoms with Crippen LogP contribution < -0.4 is 11.1 Å². The lowest BCUT2D eigenvalue weighted by Gasteiger charge is -2.15. The second-order valence-corrected chi connectivity index (χ2v) is 5.29. The number of hydrogen-bond acceptors (Lipinski definition) is 3. The molecule has 2 atom stereocenters. The molecule has 0 radical (unpaired) electrons. The van der Waals surface area contributed by atoms with Gasteiger partial charge in [0.25, 0.3) is 0 Å². The maximum Gasteiger partial charge on any atom is 0.411 e. The summed E-state index contributed by atoms with van der Waals surface area (Å²) < 4.78 is 40.4. The van der Waals surface area contributed by atoms with Crippen LogP contribution in [0.2, 0.25) is 0 Å². The molecule has 0 bridgehead atoms. The van der Waals surface area contributed by atoms with Crippen LogP contribution in [0.4, 0.5) is 13.2 Å². The third-order valence-electron chi connectivity index (χ3n) is 3.23. The van der Waals surface area contributed by atoms with Gasteiger partial charge in [0.2, 0.25) is 5.91 Å². The quantitative estimate of drug-likeness (QED) is 0.811. The predicted octanol–water partition coefficient (Wildman–Crippen LogP) is 2.37. The average Bonchev–Trinajstić information content (AvgIpc) is 2.43. The van der Waals surface area contributed by atoms with Gasteiger partial charge in [-0.05, 0) is 18.1 Å². The summed E-state index contributed by atoms with van der Waals surface area (Å²) in [5, 5.41) is 2.76. The molecular weight excluding hydrogens is 297 g/mol. The largest absolute Gasteiger partial charge is 0.411 e. The molecule has 0 saturated heterocycles. The van der Waals surface area contributed by atoms with Crippen LogP contribution in [0.1, 0.15) is 25.0 Å². The van der Waals surface area contributed by atoms with Gasteiger partial charge in [-0.15, -0.1) is 0 Å². The highest BCUT2D eigenvalue weighted by molar-refractivity contribution is 5.78. The van der Waals surface area contributed by atoms with Crippen molar-refractivity contribution in [2.75, 3.05) is 6.61 Å². The van der Waals surface area contributed by atoms with Gasteiger partial charge >= 0.3 is 6.18 Å². The maximum absolute atomic E-state index is 11.9. The van der Waals surface area contributed by atoms with Crippen molar-refractivity contribution in [3.05, 3.63) is 35.4 Å². The average molecular weight is 318 g/mol. The zero-order valence-corrected chi connectivity index (χ0v) is 12.6. The van der Waals surface area contributed by atoms with Crippen molar-refractivity contribution in [2.45, 2.75) is 39.2 Å². The summed E-state index contributed by atoms with van der Waals surface area (Å²) in [5.74, 6) is -0.414. The molecule has 0 fully saturated rings. The molecule has 1 aromatic rings. The summed E-state index contributed by atoms with van der Waals surface area (Å²) in [6, 6.07) is 6.60. The van der Waals surface area contributed by atoms with Crippen LogP contribution in [-0.4, -0.2) is 24.7 Å². The number of nitrogens with two attached hydrogens (primary N) is 1. The number of benzene rings is 1. The Morgan fingerprint density at radius 3 is 2.27 bits per heavy atom. The molecule has 1 rings (SSSR count). The maximum atomic E-state index is 11.9. The van der Waals surface area contributed by atoms with Gasteiger partial charge in [-0.2, -0.15) is 13.2 Å². The molecule has 3 N–H and O–H groups in total. The number of carbonyl (C=O) groups is 1. The second kappa shape index (κ2) is 8.14. The topological polar surface area (TPSA) is 64.4 Å². The highest BCUT2D eigenvalue weighted by atomic mass is 19.4. The van der Waals surface area contributed by atoms with Crippen LogP contribution in [0.15, 0.2) is 24.3 Å². The van der Waals surface area contributed by atoms with E-state index < -0.39 is 12.8 Å². The molecule has 0 aliphatic rings. The molecule has 0 aromatic heterocycles. The Bertz CT molecular complexity index is 473. The van der Waals surface area contributed by atoms with Gasteiger partial charge in [-0.1, -0.05) is 31.2 Å². The fourth-order valence-electron chi connectivity index (χ4n) is 1.63. The van der Waals surface area contributed by atoms with Crippen molar-refractivity contribution in [1.82, 2.24) is 5.32 Å². The SMILES string of the molecule is CC(N)C(C)C(=O)NCc1ccc(COCC(F)(F)F)cc1. The van der Waals surface area contributed by atoms with Crippen LogP contribution >= 0.6 is 0 Å². The van der Waals surface area contributed by atoms with Gasteiger partial charge in [0.1, 0.15) is 6.61 Å². The standard InChI is InChI=1S/C15H21F3N2O2/c1-10(11(2)19)14(21)20-7-12-3-5-13(6-4-12)8-22-9-15(16,17)18/h3-6,10-11H,7-9,19H2,1-2H3,(H,20,21). The minimum atomic E-state index is -4.32. The lowest BCUT2D eigenvalue weighted by atomic mass is 10.0. The van der Waals surface area contributed by atoms with E-state index in [2.05, 4.69) is 10.1 Å². The van der Waals surface area contributed by atoms with E-state index >= 15 is 0 Å². The summed E-state index contributed by atoms with van der Waals surface area (Å²) in [7, 11) is 0. The Labute approximate surface area is 127 Å². The van der Waals surface area contributed by atoms with E-state index in [-0.39, 0.29) is 24.5 Å². The Morgan fingerprint density at radius 2 is 1.77 bits per heavy atom. The molecule has 1 aromatic carbocycles. The van der Waals surface area contributed by atoms with E-state index in [1.165, 1.54) is 0 Å². The monoisotopic (exact) mass is 318 g/mol. The molecule has 7 heteroatoms. The number of ether oxygens (including phenoxy) is 1. The Kier molecular flexibility index (Phi) is 6.83. The first-order chi connectivity index (χ1) is 10.2. The van der Waals surface area contributed by atoms with E-state index in [0.717, 1.165) is 5.56 Å². The highest BCUT2D eigenvalue weighted by Crippen LogP contribution is 2.15. The van der Waals surface area contributed by atoms with Crippen molar-refractivity contribution >= 4 is 5.91 Å². The van der Waals surface area contributed by atoms with Gasteiger partial charge in [0.05, 0.1) is 6.61 Å². The van der Waals surface area contributed by atoms with E-state index in [1.54, 1.807) is 38.1 Å². The van der Waals surface area contributed by atoms with E-state index in [0.29, 0.717) is 12.1 Å². The van der Waals surface area contributed by atoms with E-state index in [1.807, 2.05) is 0 Å². The third kappa shape index (κ3) is 6.91. The number of amides is 1. The molecule has 4 nitrogen and oxygen atoms in total. The minimum Gasteiger partial charge on any atom is -0.367 e. The third-order valence-corrected chi connectivity index (χ3v) is 3.23. The molecule has 0 spiro atoms. The van der Waals surface area contributed by atoms with E-state index in [4.69, 9.17) is 5.73 Å².